The minimum absolute atomic E-state index is 0.0208. The highest BCUT2D eigenvalue weighted by Gasteiger charge is 2.61. The fraction of sp³-hybridized carbons (Fsp3) is 0.562. The predicted molar refractivity (Wildman–Crippen MR) is 88.8 cm³/mol. The molecule has 2 fully saturated rings. The molecule has 1 heterocycles. The lowest BCUT2D eigenvalue weighted by atomic mass is 10.1. The number of carbonyl (C=O) groups is 3. The Morgan fingerprint density at radius 3 is 2.58 bits per heavy atom. The third-order valence-electron chi connectivity index (χ3n) is 4.64. The van der Waals surface area contributed by atoms with Crippen LogP contribution >= 0.6 is 23.2 Å². The van der Waals surface area contributed by atoms with Crippen LogP contribution in [0.25, 0.3) is 0 Å². The van der Waals surface area contributed by atoms with Gasteiger partial charge in [-0.15, -0.1) is 6.42 Å². The lowest BCUT2D eigenvalue weighted by Gasteiger charge is -2.16. The van der Waals surface area contributed by atoms with Gasteiger partial charge < -0.3 is 9.64 Å². The Labute approximate surface area is 150 Å². The molecule has 2 rings (SSSR count). The van der Waals surface area contributed by atoms with Gasteiger partial charge >= 0.3 is 12.0 Å². The molecule has 1 saturated carbocycles. The molecule has 0 radical (unpaired) electrons. The molecular formula is C16H18Cl2N2O4. The maximum Gasteiger partial charge on any atom is 0.331 e. The van der Waals surface area contributed by atoms with Crippen LogP contribution < -0.4 is 0 Å². The number of ether oxygens (including phenoxy) is 1. The molecule has 2 aliphatic rings. The summed E-state index contributed by atoms with van der Waals surface area (Å²) in [5.74, 6) is 0.819. The molecule has 1 saturated heterocycles. The number of esters is 1. The predicted octanol–water partition coefficient (Wildman–Crippen LogP) is 2.36. The van der Waals surface area contributed by atoms with E-state index in [0.29, 0.717) is 0 Å². The van der Waals surface area contributed by atoms with Gasteiger partial charge in [-0.1, -0.05) is 43.0 Å². The summed E-state index contributed by atoms with van der Waals surface area (Å²) in [6.45, 7) is 4.94. The van der Waals surface area contributed by atoms with E-state index in [9.17, 15) is 14.4 Å². The van der Waals surface area contributed by atoms with Crippen LogP contribution in [0.4, 0.5) is 4.79 Å². The second kappa shape index (κ2) is 6.66. The van der Waals surface area contributed by atoms with Crippen molar-refractivity contribution in [3.05, 3.63) is 10.6 Å². The largest absolute Gasteiger partial charge is 0.443 e. The van der Waals surface area contributed by atoms with Crippen molar-refractivity contribution in [2.75, 3.05) is 13.3 Å². The number of rotatable bonds is 5. The Hall–Kier alpha value is -1.71. The molecule has 0 bridgehead atoms. The van der Waals surface area contributed by atoms with Crippen molar-refractivity contribution in [1.82, 2.24) is 9.80 Å². The minimum Gasteiger partial charge on any atom is -0.443 e. The second-order valence-electron chi connectivity index (χ2n) is 6.43. The van der Waals surface area contributed by atoms with Gasteiger partial charge in [0.1, 0.15) is 10.5 Å². The topological polar surface area (TPSA) is 66.9 Å². The van der Waals surface area contributed by atoms with Crippen LogP contribution in [0.15, 0.2) is 10.6 Å². The fourth-order valence-electron chi connectivity index (χ4n) is 2.99. The van der Waals surface area contributed by atoms with Crippen LogP contribution in [0, 0.1) is 29.6 Å². The van der Waals surface area contributed by atoms with Gasteiger partial charge in [0.15, 0.2) is 6.73 Å². The smallest absolute Gasteiger partial charge is 0.331 e. The van der Waals surface area contributed by atoms with Gasteiger partial charge in [-0.25, -0.2) is 9.69 Å². The molecule has 3 atom stereocenters. The molecule has 6 nitrogen and oxygen atoms in total. The molecule has 8 heteroatoms. The van der Waals surface area contributed by atoms with Crippen LogP contribution in [0.1, 0.15) is 20.8 Å². The Bertz CT molecular complexity index is 649. The summed E-state index contributed by atoms with van der Waals surface area (Å²) in [7, 11) is 0. The Kier molecular flexibility index (Phi) is 5.17. The minimum atomic E-state index is -0.671. The average Bonchev–Trinajstić information content (AvgIpc) is 2.95. The quantitative estimate of drug-likeness (QED) is 0.422. The summed E-state index contributed by atoms with van der Waals surface area (Å²) in [6, 6.07) is -1.23. The third kappa shape index (κ3) is 3.24. The SMILES string of the molecule is C#CCN1C(=O)N(COC(=O)C2C(C=C(Cl)Cl)C2(C)C)C(=O)C1C. The number of terminal acetylenes is 1. The first-order valence-corrected chi connectivity index (χ1v) is 8.13. The highest BCUT2D eigenvalue weighted by Crippen LogP contribution is 2.60. The number of imide groups is 1. The molecule has 0 N–H and O–H groups in total. The van der Waals surface area contributed by atoms with Crippen molar-refractivity contribution in [3.63, 3.8) is 0 Å². The van der Waals surface area contributed by atoms with Crippen LogP contribution in [-0.2, 0) is 14.3 Å². The molecule has 0 aromatic rings. The summed E-state index contributed by atoms with van der Waals surface area (Å²) in [5.41, 5.74) is -0.339. The van der Waals surface area contributed by atoms with Crippen molar-refractivity contribution < 1.29 is 19.1 Å². The van der Waals surface area contributed by atoms with Crippen molar-refractivity contribution in [3.8, 4) is 12.3 Å². The average molecular weight is 373 g/mol. The summed E-state index contributed by atoms with van der Waals surface area (Å²) >= 11 is 11.3. The van der Waals surface area contributed by atoms with Gasteiger partial charge in [0.05, 0.1) is 12.5 Å². The van der Waals surface area contributed by atoms with Gasteiger partial charge in [0.2, 0.25) is 0 Å². The molecule has 3 amide bonds. The van der Waals surface area contributed by atoms with E-state index in [-0.39, 0.29) is 22.4 Å². The maximum atomic E-state index is 12.2. The van der Waals surface area contributed by atoms with E-state index in [0.717, 1.165) is 4.90 Å². The van der Waals surface area contributed by atoms with E-state index in [2.05, 4.69) is 5.92 Å². The Balaban J connectivity index is 1.98. The van der Waals surface area contributed by atoms with Gasteiger partial charge in [0, 0.05) is 0 Å². The van der Waals surface area contributed by atoms with Crippen molar-refractivity contribution in [1.29, 1.82) is 0 Å². The first kappa shape index (κ1) is 18.6. The number of urea groups is 1. The molecule has 3 unspecified atom stereocenters. The van der Waals surface area contributed by atoms with Crippen molar-refractivity contribution >= 4 is 41.1 Å². The first-order valence-electron chi connectivity index (χ1n) is 7.37. The van der Waals surface area contributed by atoms with E-state index in [1.807, 2.05) is 13.8 Å². The van der Waals surface area contributed by atoms with Gasteiger partial charge in [-0.3, -0.25) is 9.59 Å². The van der Waals surface area contributed by atoms with Crippen LogP contribution in [0.2, 0.25) is 0 Å². The van der Waals surface area contributed by atoms with Crippen molar-refractivity contribution in [2.45, 2.75) is 26.8 Å². The lowest BCUT2D eigenvalue weighted by molar-refractivity contribution is -0.151. The van der Waals surface area contributed by atoms with Gasteiger partial charge in [-0.05, 0) is 24.3 Å². The van der Waals surface area contributed by atoms with E-state index >= 15 is 0 Å². The normalized spacial score (nSPS) is 27.8. The Morgan fingerprint density at radius 1 is 1.42 bits per heavy atom. The summed E-state index contributed by atoms with van der Waals surface area (Å²) in [5, 5.41) is 0. The van der Waals surface area contributed by atoms with Gasteiger partial charge in [-0.2, -0.15) is 0 Å². The fourth-order valence-corrected chi connectivity index (χ4v) is 3.26. The van der Waals surface area contributed by atoms with E-state index in [4.69, 9.17) is 34.4 Å². The molecule has 1 aliphatic carbocycles. The summed E-state index contributed by atoms with van der Waals surface area (Å²) < 4.78 is 5.25. The van der Waals surface area contributed by atoms with E-state index < -0.39 is 36.6 Å². The van der Waals surface area contributed by atoms with Crippen LogP contribution in [0.5, 0.6) is 0 Å². The molecule has 0 aromatic carbocycles. The van der Waals surface area contributed by atoms with E-state index in [1.54, 1.807) is 13.0 Å². The zero-order valence-electron chi connectivity index (χ0n) is 13.6. The second-order valence-corrected chi connectivity index (χ2v) is 7.44. The van der Waals surface area contributed by atoms with E-state index in [1.165, 1.54) is 4.90 Å². The monoisotopic (exact) mass is 372 g/mol. The molecule has 1 aliphatic heterocycles. The number of hydrogen-bond acceptors (Lipinski definition) is 4. The first-order chi connectivity index (χ1) is 11.1. The van der Waals surface area contributed by atoms with Crippen LogP contribution in [0.3, 0.4) is 0 Å². The number of amides is 3. The number of allylic oxidation sites excluding steroid dienone is 1. The zero-order chi connectivity index (χ0) is 18.2. The number of halogens is 2. The zero-order valence-corrected chi connectivity index (χ0v) is 15.1. The highest BCUT2D eigenvalue weighted by molar-refractivity contribution is 6.55. The molecular weight excluding hydrogens is 355 g/mol. The number of nitrogens with zero attached hydrogens (tertiary/aromatic N) is 2. The molecule has 24 heavy (non-hydrogen) atoms. The lowest BCUT2D eigenvalue weighted by Crippen LogP contribution is -2.36. The highest BCUT2D eigenvalue weighted by atomic mass is 35.5. The third-order valence-corrected chi connectivity index (χ3v) is 4.89. The maximum absolute atomic E-state index is 12.2. The van der Waals surface area contributed by atoms with Crippen molar-refractivity contribution in [2.24, 2.45) is 17.3 Å². The van der Waals surface area contributed by atoms with Gasteiger partial charge in [0.25, 0.3) is 5.91 Å². The standard InChI is InChI=1S/C16H18Cl2N2O4/c1-5-6-19-9(2)13(21)20(15(19)23)8-24-14(22)12-10(7-11(17)18)16(12,3)4/h1,7,9-10,12H,6,8H2,2-4H3. The summed E-state index contributed by atoms with van der Waals surface area (Å²) in [4.78, 5) is 38.6. The summed E-state index contributed by atoms with van der Waals surface area (Å²) in [6.07, 6.45) is 6.79. The Morgan fingerprint density at radius 2 is 2.04 bits per heavy atom. The number of hydrogen-bond donors (Lipinski definition) is 0. The molecule has 0 aromatic heterocycles. The molecule has 130 valence electrons. The number of carbonyl (C=O) groups excluding carboxylic acids is 3. The van der Waals surface area contributed by atoms with Crippen LogP contribution in [-0.4, -0.2) is 47.0 Å². The molecule has 0 spiro atoms.